The van der Waals surface area contributed by atoms with E-state index in [2.05, 4.69) is 5.32 Å². The van der Waals surface area contributed by atoms with Gasteiger partial charge in [-0.25, -0.2) is 0 Å². The van der Waals surface area contributed by atoms with Crippen LogP contribution in [0.3, 0.4) is 0 Å². The molecule has 0 aromatic heterocycles. The smallest absolute Gasteiger partial charge is 0.310 e. The largest absolute Gasteiger partial charge is 0.462 e. The molecule has 0 aromatic rings. The van der Waals surface area contributed by atoms with Crippen molar-refractivity contribution in [3.05, 3.63) is 0 Å². The second kappa shape index (κ2) is 6.36. The summed E-state index contributed by atoms with van der Waals surface area (Å²) >= 11 is 0. The van der Waals surface area contributed by atoms with Crippen molar-refractivity contribution in [1.29, 1.82) is 0 Å². The summed E-state index contributed by atoms with van der Waals surface area (Å²) in [4.78, 5) is 12.0. The molecule has 0 spiro atoms. The summed E-state index contributed by atoms with van der Waals surface area (Å²) in [7, 11) is 1.74. The number of carbonyl (C=O) groups is 1. The first-order valence-corrected chi connectivity index (χ1v) is 6.73. The molecule has 98 valence electrons. The van der Waals surface area contributed by atoms with Gasteiger partial charge in [-0.05, 0) is 38.6 Å². The zero-order chi connectivity index (χ0) is 12.1. The van der Waals surface area contributed by atoms with Crippen molar-refractivity contribution in [2.75, 3.05) is 20.2 Å². The van der Waals surface area contributed by atoms with E-state index in [4.69, 9.17) is 9.47 Å². The van der Waals surface area contributed by atoms with Gasteiger partial charge in [-0.2, -0.15) is 0 Å². The van der Waals surface area contributed by atoms with E-state index in [1.165, 1.54) is 0 Å². The molecule has 3 atom stereocenters. The van der Waals surface area contributed by atoms with E-state index in [0.29, 0.717) is 0 Å². The van der Waals surface area contributed by atoms with Crippen LogP contribution in [0, 0.1) is 5.92 Å². The molecule has 4 nitrogen and oxygen atoms in total. The maximum Gasteiger partial charge on any atom is 0.310 e. The minimum absolute atomic E-state index is 0.0149. The lowest BCUT2D eigenvalue weighted by Crippen LogP contribution is -2.38. The van der Waals surface area contributed by atoms with Crippen LogP contribution in [0.2, 0.25) is 0 Å². The van der Waals surface area contributed by atoms with Crippen molar-refractivity contribution in [2.24, 2.45) is 5.92 Å². The average Bonchev–Trinajstić information content (AvgIpc) is 2.40. The summed E-state index contributed by atoms with van der Waals surface area (Å²) in [6.45, 7) is 1.80. The molecule has 1 saturated heterocycles. The van der Waals surface area contributed by atoms with Crippen molar-refractivity contribution in [1.82, 2.24) is 5.32 Å². The van der Waals surface area contributed by atoms with E-state index in [0.717, 1.165) is 51.6 Å². The molecule has 2 aliphatic rings. The third-order valence-electron chi connectivity index (χ3n) is 3.82. The number of hydrogen-bond acceptors (Lipinski definition) is 4. The Kier molecular flexibility index (Phi) is 4.80. The molecule has 1 saturated carbocycles. The number of piperidine rings is 1. The minimum Gasteiger partial charge on any atom is -0.462 e. The van der Waals surface area contributed by atoms with Gasteiger partial charge in [0.1, 0.15) is 6.10 Å². The highest BCUT2D eigenvalue weighted by Crippen LogP contribution is 2.24. The normalized spacial score (nSPS) is 34.3. The summed E-state index contributed by atoms with van der Waals surface area (Å²) in [5.74, 6) is 0.0469. The number of methoxy groups -OCH3 is 1. The van der Waals surface area contributed by atoms with Gasteiger partial charge in [0.15, 0.2) is 0 Å². The first kappa shape index (κ1) is 12.8. The summed E-state index contributed by atoms with van der Waals surface area (Å²) in [6, 6.07) is 0. The standard InChI is InChI=1S/C13H23NO3/c1-16-11-5-2-6-12(8-11)17-13(15)10-4-3-7-14-9-10/h10-12,14H,2-9H2,1H3/t10-,11?,12?/m1/s1. The topological polar surface area (TPSA) is 47.6 Å². The Balaban J connectivity index is 1.77. The summed E-state index contributed by atoms with van der Waals surface area (Å²) in [6.07, 6.45) is 6.43. The predicted molar refractivity (Wildman–Crippen MR) is 64.7 cm³/mol. The maximum absolute atomic E-state index is 12.0. The Morgan fingerprint density at radius 3 is 2.71 bits per heavy atom. The Hall–Kier alpha value is -0.610. The molecular weight excluding hydrogens is 218 g/mol. The van der Waals surface area contributed by atoms with Crippen molar-refractivity contribution in [3.63, 3.8) is 0 Å². The van der Waals surface area contributed by atoms with E-state index in [1.54, 1.807) is 7.11 Å². The van der Waals surface area contributed by atoms with E-state index in [9.17, 15) is 4.79 Å². The lowest BCUT2D eigenvalue weighted by atomic mass is 9.94. The molecule has 1 heterocycles. The summed E-state index contributed by atoms with van der Waals surface area (Å²) in [5.41, 5.74) is 0. The highest BCUT2D eigenvalue weighted by Gasteiger charge is 2.28. The minimum atomic E-state index is -0.0149. The van der Waals surface area contributed by atoms with Crippen LogP contribution in [0.5, 0.6) is 0 Å². The second-order valence-electron chi connectivity index (χ2n) is 5.13. The maximum atomic E-state index is 12.0. The van der Waals surface area contributed by atoms with E-state index in [-0.39, 0.29) is 24.1 Å². The van der Waals surface area contributed by atoms with Crippen LogP contribution < -0.4 is 5.32 Å². The summed E-state index contributed by atoms with van der Waals surface area (Å²) in [5, 5.41) is 3.25. The fourth-order valence-electron chi connectivity index (χ4n) is 2.74. The van der Waals surface area contributed by atoms with Gasteiger partial charge in [0, 0.05) is 20.1 Å². The van der Waals surface area contributed by atoms with Crippen molar-refractivity contribution in [3.8, 4) is 0 Å². The van der Waals surface area contributed by atoms with Gasteiger partial charge in [-0.1, -0.05) is 0 Å². The number of rotatable bonds is 3. The monoisotopic (exact) mass is 241 g/mol. The molecule has 0 radical (unpaired) electrons. The van der Waals surface area contributed by atoms with Crippen LogP contribution in [-0.4, -0.2) is 38.4 Å². The van der Waals surface area contributed by atoms with Gasteiger partial charge >= 0.3 is 5.97 Å². The number of carbonyl (C=O) groups excluding carboxylic acids is 1. The number of hydrogen-bond donors (Lipinski definition) is 1. The fourth-order valence-corrected chi connectivity index (χ4v) is 2.74. The lowest BCUT2D eigenvalue weighted by Gasteiger charge is -2.30. The summed E-state index contributed by atoms with van der Waals surface area (Å²) < 4.78 is 10.9. The van der Waals surface area contributed by atoms with Crippen molar-refractivity contribution < 1.29 is 14.3 Å². The third-order valence-corrected chi connectivity index (χ3v) is 3.82. The molecule has 2 rings (SSSR count). The zero-order valence-corrected chi connectivity index (χ0v) is 10.6. The average molecular weight is 241 g/mol. The first-order chi connectivity index (χ1) is 8.29. The van der Waals surface area contributed by atoms with Gasteiger partial charge in [0.2, 0.25) is 0 Å². The lowest BCUT2D eigenvalue weighted by molar-refractivity contribution is -0.158. The van der Waals surface area contributed by atoms with E-state index >= 15 is 0 Å². The second-order valence-corrected chi connectivity index (χ2v) is 5.13. The van der Waals surface area contributed by atoms with Gasteiger partial charge in [0.25, 0.3) is 0 Å². The Morgan fingerprint density at radius 1 is 1.18 bits per heavy atom. The van der Waals surface area contributed by atoms with Gasteiger partial charge < -0.3 is 14.8 Å². The predicted octanol–water partition coefficient (Wildman–Crippen LogP) is 1.49. The number of ether oxygens (including phenoxy) is 2. The van der Waals surface area contributed by atoms with Gasteiger partial charge in [0.05, 0.1) is 12.0 Å². The number of nitrogens with one attached hydrogen (secondary N) is 1. The third kappa shape index (κ3) is 3.68. The molecule has 17 heavy (non-hydrogen) atoms. The van der Waals surface area contributed by atoms with Gasteiger partial charge in [-0.15, -0.1) is 0 Å². The van der Waals surface area contributed by atoms with Crippen LogP contribution in [0.25, 0.3) is 0 Å². The first-order valence-electron chi connectivity index (χ1n) is 6.73. The SMILES string of the molecule is COC1CCCC(OC(=O)[C@@H]2CCCNC2)C1. The molecule has 0 aromatic carbocycles. The van der Waals surface area contributed by atoms with Crippen molar-refractivity contribution in [2.45, 2.75) is 50.7 Å². The van der Waals surface area contributed by atoms with Crippen LogP contribution in [0.1, 0.15) is 38.5 Å². The highest BCUT2D eigenvalue weighted by molar-refractivity contribution is 5.73. The van der Waals surface area contributed by atoms with Crippen LogP contribution in [-0.2, 0) is 14.3 Å². The van der Waals surface area contributed by atoms with Crippen LogP contribution in [0.4, 0.5) is 0 Å². The molecule has 4 heteroatoms. The Labute approximate surface area is 103 Å². The number of esters is 1. The highest BCUT2D eigenvalue weighted by atomic mass is 16.5. The van der Waals surface area contributed by atoms with Crippen LogP contribution in [0.15, 0.2) is 0 Å². The Morgan fingerprint density at radius 2 is 2.00 bits per heavy atom. The molecule has 2 fully saturated rings. The molecule has 0 bridgehead atoms. The molecule has 0 amide bonds. The van der Waals surface area contributed by atoms with Gasteiger partial charge in [-0.3, -0.25) is 4.79 Å². The Bertz CT molecular complexity index is 251. The molecule has 1 aliphatic heterocycles. The quantitative estimate of drug-likeness (QED) is 0.760. The van der Waals surface area contributed by atoms with Crippen molar-refractivity contribution >= 4 is 5.97 Å². The molecular formula is C13H23NO3. The van der Waals surface area contributed by atoms with Crippen LogP contribution >= 0.6 is 0 Å². The molecule has 2 unspecified atom stereocenters. The molecule has 1 aliphatic carbocycles. The van der Waals surface area contributed by atoms with E-state index in [1.807, 2.05) is 0 Å². The van der Waals surface area contributed by atoms with E-state index < -0.39 is 0 Å². The molecule has 1 N–H and O–H groups in total. The zero-order valence-electron chi connectivity index (χ0n) is 10.6. The fraction of sp³-hybridized carbons (Fsp3) is 0.923.